The number of anilines is 1. The smallest absolute Gasteiger partial charge is 0.368 e. The van der Waals surface area contributed by atoms with Gasteiger partial charge in [-0.15, -0.1) is 0 Å². The number of alkyl halides is 3. The Labute approximate surface area is 77.1 Å². The zero-order valence-corrected chi connectivity index (χ0v) is 7.06. The van der Waals surface area contributed by atoms with Crippen LogP contribution in [0.1, 0.15) is 6.42 Å². The second-order valence-corrected chi connectivity index (χ2v) is 2.60. The van der Waals surface area contributed by atoms with Crippen LogP contribution >= 0.6 is 0 Å². The molecule has 78 valence electrons. The van der Waals surface area contributed by atoms with E-state index in [0.717, 1.165) is 0 Å². The summed E-state index contributed by atoms with van der Waals surface area (Å²) >= 11 is 0. The highest BCUT2D eigenvalue weighted by Crippen LogP contribution is 2.18. The number of nitrogens with zero attached hydrogens (tertiary/aromatic N) is 1. The Morgan fingerprint density at radius 3 is 2.64 bits per heavy atom. The Bertz CT molecular complexity index is 326. The van der Waals surface area contributed by atoms with E-state index in [1.165, 1.54) is 12.1 Å². The van der Waals surface area contributed by atoms with E-state index in [-0.39, 0.29) is 12.4 Å². The van der Waals surface area contributed by atoms with Gasteiger partial charge in [-0.05, 0) is 6.07 Å². The fraction of sp³-hybridized carbons (Fsp3) is 0.429. The second-order valence-electron chi connectivity index (χ2n) is 2.60. The number of halogens is 3. The van der Waals surface area contributed by atoms with E-state index in [0.29, 0.717) is 0 Å². The van der Waals surface area contributed by atoms with Gasteiger partial charge in [0.25, 0.3) is 5.56 Å². The van der Waals surface area contributed by atoms with E-state index >= 15 is 0 Å². The molecule has 0 saturated carbocycles. The summed E-state index contributed by atoms with van der Waals surface area (Å²) in [5.41, 5.74) is -0.397. The molecule has 1 aromatic rings. The van der Waals surface area contributed by atoms with Crippen molar-refractivity contribution in [3.05, 3.63) is 22.5 Å². The first-order chi connectivity index (χ1) is 6.47. The van der Waals surface area contributed by atoms with Gasteiger partial charge >= 0.3 is 6.18 Å². The highest BCUT2D eigenvalue weighted by molar-refractivity contribution is 5.31. The molecule has 2 N–H and O–H groups in total. The molecule has 1 rings (SSSR count). The predicted molar refractivity (Wildman–Crippen MR) is 44.0 cm³/mol. The monoisotopic (exact) mass is 207 g/mol. The van der Waals surface area contributed by atoms with Crippen LogP contribution in [0.3, 0.4) is 0 Å². The van der Waals surface area contributed by atoms with E-state index in [1.807, 2.05) is 0 Å². The minimum Gasteiger partial charge on any atom is -0.368 e. The van der Waals surface area contributed by atoms with Crippen molar-refractivity contribution >= 4 is 5.82 Å². The van der Waals surface area contributed by atoms with E-state index in [1.54, 1.807) is 0 Å². The van der Waals surface area contributed by atoms with Gasteiger partial charge in [-0.2, -0.15) is 18.3 Å². The molecule has 0 atom stereocenters. The first kappa shape index (κ1) is 10.6. The number of nitrogens with one attached hydrogen (secondary N) is 2. The number of aromatic nitrogens is 2. The van der Waals surface area contributed by atoms with Crippen LogP contribution in [0, 0.1) is 0 Å². The third-order valence-corrected chi connectivity index (χ3v) is 1.39. The van der Waals surface area contributed by atoms with E-state index in [4.69, 9.17) is 0 Å². The largest absolute Gasteiger partial charge is 0.390 e. The number of rotatable bonds is 3. The minimum atomic E-state index is -4.19. The summed E-state index contributed by atoms with van der Waals surface area (Å²) in [5, 5.41) is 8.01. The van der Waals surface area contributed by atoms with Gasteiger partial charge < -0.3 is 5.32 Å². The molecule has 14 heavy (non-hydrogen) atoms. The van der Waals surface area contributed by atoms with Crippen LogP contribution < -0.4 is 10.9 Å². The predicted octanol–water partition coefficient (Wildman–Crippen LogP) is 1.13. The Kier molecular flexibility index (Phi) is 3.10. The van der Waals surface area contributed by atoms with Gasteiger partial charge in [0.15, 0.2) is 0 Å². The number of H-pyrrole nitrogens is 1. The van der Waals surface area contributed by atoms with Crippen molar-refractivity contribution in [3.8, 4) is 0 Å². The maximum atomic E-state index is 11.7. The first-order valence-corrected chi connectivity index (χ1v) is 3.84. The Morgan fingerprint density at radius 2 is 2.14 bits per heavy atom. The Morgan fingerprint density at radius 1 is 1.43 bits per heavy atom. The third-order valence-electron chi connectivity index (χ3n) is 1.39. The molecule has 1 heterocycles. The summed E-state index contributed by atoms with van der Waals surface area (Å²) in [7, 11) is 0. The zero-order valence-electron chi connectivity index (χ0n) is 7.06. The molecule has 0 bridgehead atoms. The second kappa shape index (κ2) is 4.12. The lowest BCUT2D eigenvalue weighted by Crippen LogP contribution is -2.16. The number of hydrogen-bond acceptors (Lipinski definition) is 3. The van der Waals surface area contributed by atoms with Crippen LogP contribution in [0.15, 0.2) is 16.9 Å². The highest BCUT2D eigenvalue weighted by atomic mass is 19.4. The molecule has 0 amide bonds. The van der Waals surface area contributed by atoms with Gasteiger partial charge in [-0.1, -0.05) is 0 Å². The first-order valence-electron chi connectivity index (χ1n) is 3.84. The normalized spacial score (nSPS) is 11.4. The van der Waals surface area contributed by atoms with Gasteiger partial charge in [-0.3, -0.25) is 4.79 Å². The maximum absolute atomic E-state index is 11.7. The molecule has 1 aromatic heterocycles. The van der Waals surface area contributed by atoms with E-state index in [9.17, 15) is 18.0 Å². The molecule has 4 nitrogen and oxygen atoms in total. The van der Waals surface area contributed by atoms with Gasteiger partial charge in [0.1, 0.15) is 5.82 Å². The SMILES string of the molecule is O=c1ccc(NCCC(F)(F)F)n[nH]1. The molecule has 0 fully saturated rings. The zero-order chi connectivity index (χ0) is 10.6. The van der Waals surface area contributed by atoms with Crippen LogP contribution in [-0.2, 0) is 0 Å². The molecular formula is C7H8F3N3O. The van der Waals surface area contributed by atoms with Crippen molar-refractivity contribution < 1.29 is 13.2 Å². The van der Waals surface area contributed by atoms with Crippen molar-refractivity contribution in [2.24, 2.45) is 0 Å². The summed E-state index contributed by atoms with van der Waals surface area (Å²) < 4.78 is 35.1. The summed E-state index contributed by atoms with van der Waals surface area (Å²) in [6, 6.07) is 2.50. The Balaban J connectivity index is 2.39. The highest BCUT2D eigenvalue weighted by Gasteiger charge is 2.26. The molecule has 0 aliphatic rings. The average Bonchev–Trinajstić information content (AvgIpc) is 2.06. The van der Waals surface area contributed by atoms with Crippen molar-refractivity contribution in [2.45, 2.75) is 12.6 Å². The van der Waals surface area contributed by atoms with Crippen molar-refractivity contribution in [2.75, 3.05) is 11.9 Å². The van der Waals surface area contributed by atoms with Crippen LogP contribution in [0.4, 0.5) is 19.0 Å². The maximum Gasteiger partial charge on any atom is 0.390 e. The summed E-state index contributed by atoms with van der Waals surface area (Å²) in [4.78, 5) is 10.5. The molecule has 0 aliphatic carbocycles. The molecule has 0 aromatic carbocycles. The van der Waals surface area contributed by atoms with Gasteiger partial charge in [0, 0.05) is 12.6 Å². The molecule has 0 radical (unpaired) electrons. The lowest BCUT2D eigenvalue weighted by molar-refractivity contribution is -0.131. The Hall–Kier alpha value is -1.53. The van der Waals surface area contributed by atoms with Gasteiger partial charge in [0.05, 0.1) is 6.42 Å². The summed E-state index contributed by atoms with van der Waals surface area (Å²) in [6.07, 6.45) is -5.12. The van der Waals surface area contributed by atoms with Crippen molar-refractivity contribution in [1.29, 1.82) is 0 Å². The quantitative estimate of drug-likeness (QED) is 0.781. The molecular weight excluding hydrogens is 199 g/mol. The molecule has 7 heteroatoms. The molecule has 0 unspecified atom stereocenters. The van der Waals surface area contributed by atoms with Crippen LogP contribution in [-0.4, -0.2) is 22.9 Å². The van der Waals surface area contributed by atoms with Gasteiger partial charge in [0.2, 0.25) is 0 Å². The number of hydrogen-bond donors (Lipinski definition) is 2. The fourth-order valence-corrected chi connectivity index (χ4v) is 0.775. The molecule has 0 aliphatic heterocycles. The standard InChI is InChI=1S/C7H8F3N3O/c8-7(9,10)3-4-11-5-1-2-6(14)13-12-5/h1-2H,3-4H2,(H,11,12)(H,13,14). The average molecular weight is 207 g/mol. The molecule has 0 spiro atoms. The van der Waals surface area contributed by atoms with Crippen molar-refractivity contribution in [3.63, 3.8) is 0 Å². The molecule has 0 saturated heterocycles. The van der Waals surface area contributed by atoms with Crippen molar-refractivity contribution in [1.82, 2.24) is 10.2 Å². The van der Waals surface area contributed by atoms with Gasteiger partial charge in [-0.25, -0.2) is 5.10 Å². The van der Waals surface area contributed by atoms with E-state index in [2.05, 4.69) is 15.5 Å². The summed E-state index contributed by atoms with van der Waals surface area (Å²) in [6.45, 7) is -0.261. The van der Waals surface area contributed by atoms with Crippen LogP contribution in [0.2, 0.25) is 0 Å². The minimum absolute atomic E-state index is 0.217. The fourth-order valence-electron chi connectivity index (χ4n) is 0.775. The number of aromatic amines is 1. The van der Waals surface area contributed by atoms with Crippen LogP contribution in [0.25, 0.3) is 0 Å². The topological polar surface area (TPSA) is 57.8 Å². The lowest BCUT2D eigenvalue weighted by Gasteiger charge is -2.07. The summed E-state index contributed by atoms with van der Waals surface area (Å²) in [5.74, 6) is 0.217. The van der Waals surface area contributed by atoms with Crippen LogP contribution in [0.5, 0.6) is 0 Å². The van der Waals surface area contributed by atoms with E-state index < -0.39 is 18.2 Å². The third kappa shape index (κ3) is 3.92. The lowest BCUT2D eigenvalue weighted by atomic mass is 10.4.